The molecule has 2 heterocycles. The van der Waals surface area contributed by atoms with Crippen LogP contribution in [0.25, 0.3) is 0 Å². The van der Waals surface area contributed by atoms with E-state index < -0.39 is 16.1 Å². The van der Waals surface area contributed by atoms with Crippen molar-refractivity contribution in [3.05, 3.63) is 77.8 Å². The molecule has 0 aliphatic carbocycles. The number of carbonyl (C=O) groups is 1. The van der Waals surface area contributed by atoms with Gasteiger partial charge in [0.25, 0.3) is 15.9 Å². The quantitative estimate of drug-likeness (QED) is 0.504. The molecule has 0 spiro atoms. The first-order valence-corrected chi connectivity index (χ1v) is 13.4. The van der Waals surface area contributed by atoms with Crippen molar-refractivity contribution in [2.45, 2.75) is 11.0 Å². The van der Waals surface area contributed by atoms with Gasteiger partial charge in [-0.05, 0) is 60.7 Å². The number of sulfonamides is 1. The molecule has 1 amide bonds. The monoisotopic (exact) mass is 527 g/mol. The maximum Gasteiger partial charge on any atom is 0.265 e. The maximum absolute atomic E-state index is 13.5. The molecule has 1 fully saturated rings. The average molecular weight is 528 g/mol. The number of hydrogen-bond donors (Lipinski definition) is 0. The number of methoxy groups -OCH3 is 1. The van der Waals surface area contributed by atoms with E-state index in [1.54, 1.807) is 36.3 Å². The van der Waals surface area contributed by atoms with E-state index in [0.29, 0.717) is 42.6 Å². The number of piperazine rings is 1. The minimum absolute atomic E-state index is 0.0999. The van der Waals surface area contributed by atoms with E-state index in [0.717, 1.165) is 11.4 Å². The number of para-hydroxylation sites is 2. The highest BCUT2D eigenvalue weighted by molar-refractivity contribution is 7.92. The summed E-state index contributed by atoms with van der Waals surface area (Å²) in [5.74, 6) is 0.923. The van der Waals surface area contributed by atoms with Gasteiger partial charge in [0.2, 0.25) is 0 Å². The Hall–Kier alpha value is -3.43. The fourth-order valence-electron chi connectivity index (χ4n) is 4.47. The molecule has 5 rings (SSSR count). The molecule has 0 saturated carbocycles. The molecule has 8 nitrogen and oxygen atoms in total. The summed E-state index contributed by atoms with van der Waals surface area (Å²) in [4.78, 5) is 17.5. The number of benzene rings is 3. The van der Waals surface area contributed by atoms with Crippen molar-refractivity contribution in [3.63, 3.8) is 0 Å². The van der Waals surface area contributed by atoms with Crippen LogP contribution in [0.2, 0.25) is 5.02 Å². The Labute approximate surface area is 215 Å². The molecule has 2 aliphatic heterocycles. The molecular weight excluding hydrogens is 502 g/mol. The van der Waals surface area contributed by atoms with Crippen molar-refractivity contribution < 1.29 is 22.7 Å². The summed E-state index contributed by atoms with van der Waals surface area (Å²) in [6.45, 7) is 2.23. The third-order valence-corrected chi connectivity index (χ3v) is 8.49. The second-order valence-corrected chi connectivity index (χ2v) is 10.9. The second-order valence-electron chi connectivity index (χ2n) is 8.57. The predicted octanol–water partition coefficient (Wildman–Crippen LogP) is 3.65. The first-order chi connectivity index (χ1) is 17.4. The van der Waals surface area contributed by atoms with Crippen molar-refractivity contribution >= 4 is 38.9 Å². The molecule has 1 saturated heterocycles. The Morgan fingerprint density at radius 3 is 2.28 bits per heavy atom. The maximum atomic E-state index is 13.5. The van der Waals surface area contributed by atoms with Crippen LogP contribution in [0.4, 0.5) is 11.4 Å². The van der Waals surface area contributed by atoms with Crippen molar-refractivity contribution in [2.24, 2.45) is 0 Å². The second kappa shape index (κ2) is 9.91. The summed E-state index contributed by atoms with van der Waals surface area (Å²) < 4.78 is 39.6. The van der Waals surface area contributed by atoms with Gasteiger partial charge in [0.1, 0.15) is 11.5 Å². The van der Waals surface area contributed by atoms with Crippen LogP contribution in [0.3, 0.4) is 0 Å². The number of ether oxygens (including phenoxy) is 2. The van der Waals surface area contributed by atoms with Crippen LogP contribution >= 0.6 is 11.6 Å². The summed E-state index contributed by atoms with van der Waals surface area (Å²) in [6.07, 6.45) is -0.950. The van der Waals surface area contributed by atoms with Gasteiger partial charge in [-0.2, -0.15) is 0 Å². The Bertz CT molecular complexity index is 1340. The third kappa shape index (κ3) is 4.68. The molecule has 0 aromatic heterocycles. The summed E-state index contributed by atoms with van der Waals surface area (Å²) in [5, 5.41) is 0.443. The van der Waals surface area contributed by atoms with Gasteiger partial charge in [-0.25, -0.2) is 8.42 Å². The Morgan fingerprint density at radius 1 is 0.944 bits per heavy atom. The van der Waals surface area contributed by atoms with Crippen LogP contribution in [0, 0.1) is 0 Å². The van der Waals surface area contributed by atoms with Crippen molar-refractivity contribution in [2.75, 3.05) is 49.0 Å². The first-order valence-electron chi connectivity index (χ1n) is 11.6. The molecule has 0 unspecified atom stereocenters. The summed E-state index contributed by atoms with van der Waals surface area (Å²) in [5.41, 5.74) is 1.46. The van der Waals surface area contributed by atoms with Gasteiger partial charge in [0.05, 0.1) is 24.2 Å². The molecule has 1 atom stereocenters. The van der Waals surface area contributed by atoms with Gasteiger partial charge in [0.15, 0.2) is 6.10 Å². The number of halogens is 1. The zero-order valence-electron chi connectivity index (χ0n) is 19.7. The van der Waals surface area contributed by atoms with Crippen LogP contribution in [0.5, 0.6) is 11.5 Å². The van der Waals surface area contributed by atoms with E-state index in [4.69, 9.17) is 21.1 Å². The van der Waals surface area contributed by atoms with Crippen molar-refractivity contribution in [3.8, 4) is 11.5 Å². The highest BCUT2D eigenvalue weighted by atomic mass is 35.5. The number of amides is 1. The number of nitrogens with zero attached hydrogens (tertiary/aromatic N) is 3. The molecule has 3 aromatic carbocycles. The number of rotatable bonds is 5. The first kappa shape index (κ1) is 24.3. The van der Waals surface area contributed by atoms with E-state index in [1.165, 1.54) is 28.6 Å². The third-order valence-electron chi connectivity index (χ3n) is 6.44. The number of carbonyl (C=O) groups excluding carboxylic acids is 1. The Balaban J connectivity index is 1.33. The zero-order valence-corrected chi connectivity index (χ0v) is 21.3. The minimum atomic E-state index is -3.93. The lowest BCUT2D eigenvalue weighted by molar-refractivity contribution is -0.138. The summed E-state index contributed by atoms with van der Waals surface area (Å²) in [7, 11) is -2.30. The lowest BCUT2D eigenvalue weighted by atomic mass is 10.2. The standard InChI is InChI=1S/C26H26ClN3O5S/c1-34-21-10-8-20(9-11-21)28-14-16-29(17-15-28)26(31)25-18-30(23-4-2-3-5-24(23)35-25)36(32,33)22-12-6-19(27)7-13-22/h2-13,25H,14-18H2,1H3/t25-/m0/s1. The van der Waals surface area contributed by atoms with Gasteiger partial charge < -0.3 is 19.3 Å². The van der Waals surface area contributed by atoms with Crippen LogP contribution in [0.1, 0.15) is 0 Å². The SMILES string of the molecule is COc1ccc(N2CCN(C(=O)[C@@H]3CN(S(=O)(=O)c4ccc(Cl)cc4)c4ccccc4O3)CC2)cc1. The Morgan fingerprint density at radius 2 is 1.61 bits per heavy atom. The van der Waals surface area contributed by atoms with Crippen LogP contribution in [-0.4, -0.2) is 65.2 Å². The van der Waals surface area contributed by atoms with Crippen molar-refractivity contribution in [1.29, 1.82) is 0 Å². The van der Waals surface area contributed by atoms with Gasteiger partial charge in [0, 0.05) is 36.9 Å². The molecule has 10 heteroatoms. The highest BCUT2D eigenvalue weighted by Crippen LogP contribution is 2.37. The van der Waals surface area contributed by atoms with E-state index in [9.17, 15) is 13.2 Å². The van der Waals surface area contributed by atoms with E-state index in [-0.39, 0.29) is 17.3 Å². The largest absolute Gasteiger partial charge is 0.497 e. The molecule has 0 bridgehead atoms. The van der Waals surface area contributed by atoms with Crippen LogP contribution in [-0.2, 0) is 14.8 Å². The number of fused-ring (bicyclic) bond motifs is 1. The smallest absolute Gasteiger partial charge is 0.265 e. The van der Waals surface area contributed by atoms with Crippen LogP contribution in [0.15, 0.2) is 77.7 Å². The molecule has 2 aliphatic rings. The van der Waals surface area contributed by atoms with E-state index in [1.807, 2.05) is 24.3 Å². The fraction of sp³-hybridized carbons (Fsp3) is 0.269. The van der Waals surface area contributed by atoms with Gasteiger partial charge in [-0.15, -0.1) is 0 Å². The normalized spacial score (nSPS) is 17.8. The minimum Gasteiger partial charge on any atom is -0.497 e. The van der Waals surface area contributed by atoms with Crippen LogP contribution < -0.4 is 18.7 Å². The summed E-state index contributed by atoms with van der Waals surface area (Å²) >= 11 is 5.95. The van der Waals surface area contributed by atoms with Gasteiger partial charge in [-0.1, -0.05) is 23.7 Å². The molecule has 0 N–H and O–H groups in total. The molecular formula is C26H26ClN3O5S. The lowest BCUT2D eigenvalue weighted by Crippen LogP contribution is -2.56. The number of hydrogen-bond acceptors (Lipinski definition) is 6. The zero-order chi connectivity index (χ0) is 25.3. The Kier molecular flexibility index (Phi) is 6.68. The number of anilines is 2. The van der Waals surface area contributed by atoms with Gasteiger partial charge in [-0.3, -0.25) is 9.10 Å². The van der Waals surface area contributed by atoms with Crippen molar-refractivity contribution in [1.82, 2.24) is 4.90 Å². The lowest BCUT2D eigenvalue weighted by Gasteiger charge is -2.40. The fourth-order valence-corrected chi connectivity index (χ4v) is 6.08. The average Bonchev–Trinajstić information content (AvgIpc) is 2.92. The van der Waals surface area contributed by atoms with Gasteiger partial charge >= 0.3 is 0 Å². The highest BCUT2D eigenvalue weighted by Gasteiger charge is 2.39. The summed E-state index contributed by atoms with van der Waals surface area (Å²) in [6, 6.07) is 20.7. The molecule has 36 heavy (non-hydrogen) atoms. The molecule has 3 aromatic rings. The topological polar surface area (TPSA) is 79.4 Å². The van der Waals surface area contributed by atoms with E-state index >= 15 is 0 Å². The van der Waals surface area contributed by atoms with E-state index in [2.05, 4.69) is 4.90 Å². The molecule has 188 valence electrons. The molecule has 0 radical (unpaired) electrons. The predicted molar refractivity (Wildman–Crippen MR) is 139 cm³/mol.